The van der Waals surface area contributed by atoms with Crippen LogP contribution in [0.15, 0.2) is 30.5 Å². The molecule has 0 aliphatic rings. The first kappa shape index (κ1) is 13.8. The van der Waals surface area contributed by atoms with Gasteiger partial charge in [-0.3, -0.25) is 4.21 Å². The molecule has 1 aromatic heterocycles. The van der Waals surface area contributed by atoms with Crippen molar-refractivity contribution in [1.29, 1.82) is 0 Å². The number of para-hydroxylation sites is 1. The Morgan fingerprint density at radius 2 is 1.95 bits per heavy atom. The Balaban J connectivity index is 2.24. The van der Waals surface area contributed by atoms with Gasteiger partial charge in [0.05, 0.1) is 18.1 Å². The molecule has 0 radical (unpaired) electrons. The second kappa shape index (κ2) is 6.03. The van der Waals surface area contributed by atoms with Gasteiger partial charge in [0.25, 0.3) is 0 Å². The van der Waals surface area contributed by atoms with Crippen molar-refractivity contribution in [3.63, 3.8) is 0 Å². The lowest BCUT2D eigenvalue weighted by molar-refractivity contribution is 0.321. The van der Waals surface area contributed by atoms with Crippen LogP contribution >= 0.6 is 0 Å². The van der Waals surface area contributed by atoms with E-state index in [2.05, 4.69) is 5.10 Å². The van der Waals surface area contributed by atoms with E-state index in [0.717, 1.165) is 16.8 Å². The summed E-state index contributed by atoms with van der Waals surface area (Å²) < 4.78 is 39.6. The molecule has 19 heavy (non-hydrogen) atoms. The van der Waals surface area contributed by atoms with E-state index in [-0.39, 0.29) is 23.8 Å². The Morgan fingerprint density at radius 1 is 1.26 bits per heavy atom. The fourth-order valence-corrected chi connectivity index (χ4v) is 2.44. The highest BCUT2D eigenvalue weighted by atomic mass is 32.2. The summed E-state index contributed by atoms with van der Waals surface area (Å²) in [6, 6.07) is 5.10. The Kier molecular flexibility index (Phi) is 4.39. The molecule has 7 heteroatoms. The first-order valence-electron chi connectivity index (χ1n) is 5.56. The number of benzene rings is 1. The molecule has 1 aromatic carbocycles. The van der Waals surface area contributed by atoms with Crippen LogP contribution < -0.4 is 0 Å². The van der Waals surface area contributed by atoms with Gasteiger partial charge in [-0.15, -0.1) is 0 Å². The quantitative estimate of drug-likeness (QED) is 0.903. The monoisotopic (exact) mass is 286 g/mol. The van der Waals surface area contributed by atoms with E-state index < -0.39 is 22.4 Å². The molecule has 0 saturated carbocycles. The van der Waals surface area contributed by atoms with E-state index in [1.165, 1.54) is 12.3 Å². The second-order valence-corrected chi connectivity index (χ2v) is 5.41. The Morgan fingerprint density at radius 3 is 2.58 bits per heavy atom. The van der Waals surface area contributed by atoms with Crippen molar-refractivity contribution in [2.75, 3.05) is 12.4 Å². The van der Waals surface area contributed by atoms with E-state index >= 15 is 0 Å². The molecule has 0 amide bonds. The molecule has 0 aliphatic heterocycles. The first-order valence-corrected chi connectivity index (χ1v) is 7.05. The number of nitrogens with zero attached hydrogens (tertiary/aromatic N) is 2. The maximum Gasteiger partial charge on any atom is 0.151 e. The third-order valence-corrected chi connectivity index (χ3v) is 3.69. The van der Waals surface area contributed by atoms with Crippen molar-refractivity contribution < 1.29 is 18.1 Å². The fourth-order valence-electron chi connectivity index (χ4n) is 1.61. The average Bonchev–Trinajstić information content (AvgIpc) is 2.77. The lowest BCUT2D eigenvalue weighted by Gasteiger charge is -2.04. The van der Waals surface area contributed by atoms with Gasteiger partial charge in [-0.1, -0.05) is 6.07 Å². The number of halogens is 2. The van der Waals surface area contributed by atoms with Gasteiger partial charge in [-0.2, -0.15) is 5.10 Å². The van der Waals surface area contributed by atoms with Crippen molar-refractivity contribution in [2.45, 2.75) is 5.75 Å². The summed E-state index contributed by atoms with van der Waals surface area (Å²) in [5, 5.41) is 12.6. The minimum atomic E-state index is -1.24. The minimum Gasteiger partial charge on any atom is -0.395 e. The molecule has 2 rings (SSSR count). The van der Waals surface area contributed by atoms with Crippen LogP contribution in [0.25, 0.3) is 5.69 Å². The molecule has 0 saturated heterocycles. The summed E-state index contributed by atoms with van der Waals surface area (Å²) in [6.45, 7) is -0.171. The van der Waals surface area contributed by atoms with Crippen molar-refractivity contribution in [3.05, 3.63) is 47.8 Å². The molecule has 0 spiro atoms. The molecule has 4 nitrogen and oxygen atoms in total. The number of rotatable bonds is 5. The topological polar surface area (TPSA) is 55.1 Å². The smallest absolute Gasteiger partial charge is 0.151 e. The Hall–Kier alpha value is -1.60. The predicted octanol–water partition coefficient (Wildman–Crippen LogP) is 1.39. The predicted molar refractivity (Wildman–Crippen MR) is 67.3 cm³/mol. The van der Waals surface area contributed by atoms with Gasteiger partial charge in [-0.05, 0) is 18.2 Å². The normalized spacial score (nSPS) is 12.6. The number of aliphatic hydroxyl groups excluding tert-OH is 1. The van der Waals surface area contributed by atoms with Crippen LogP contribution in [-0.4, -0.2) is 31.5 Å². The highest BCUT2D eigenvalue weighted by Gasteiger charge is 2.12. The SMILES string of the molecule is O=S(CCO)Cc1ccn(-c2c(F)cccc2F)n1. The van der Waals surface area contributed by atoms with E-state index in [4.69, 9.17) is 5.11 Å². The van der Waals surface area contributed by atoms with Crippen molar-refractivity contribution in [2.24, 2.45) is 0 Å². The summed E-state index contributed by atoms with van der Waals surface area (Å²) in [6.07, 6.45) is 1.41. The van der Waals surface area contributed by atoms with Crippen molar-refractivity contribution in [3.8, 4) is 5.69 Å². The summed E-state index contributed by atoms with van der Waals surface area (Å²) in [5.41, 5.74) is 0.191. The lowest BCUT2D eigenvalue weighted by Crippen LogP contribution is -2.06. The Labute approximate surface area is 111 Å². The summed E-state index contributed by atoms with van der Waals surface area (Å²) in [7, 11) is -1.24. The Bertz CT molecular complexity index is 581. The molecule has 0 aliphatic carbocycles. The number of aromatic nitrogens is 2. The van der Waals surface area contributed by atoms with Crippen LogP contribution in [-0.2, 0) is 16.6 Å². The van der Waals surface area contributed by atoms with Crippen LogP contribution in [0.4, 0.5) is 8.78 Å². The van der Waals surface area contributed by atoms with E-state index in [9.17, 15) is 13.0 Å². The molecule has 1 heterocycles. The molecule has 102 valence electrons. The minimum absolute atomic E-state index is 0.142. The largest absolute Gasteiger partial charge is 0.395 e. The standard InChI is InChI=1S/C12H12F2N2O2S/c13-10-2-1-3-11(14)12(10)16-5-4-9(15-16)8-19(18)7-6-17/h1-5,17H,6-8H2. The second-order valence-electron chi connectivity index (χ2n) is 3.83. The summed E-state index contributed by atoms with van der Waals surface area (Å²) >= 11 is 0. The van der Waals surface area contributed by atoms with Gasteiger partial charge < -0.3 is 5.11 Å². The number of hydrogen-bond acceptors (Lipinski definition) is 3. The number of hydrogen-bond donors (Lipinski definition) is 1. The molecule has 0 fully saturated rings. The van der Waals surface area contributed by atoms with E-state index in [1.807, 2.05) is 0 Å². The third kappa shape index (κ3) is 3.24. The van der Waals surface area contributed by atoms with E-state index in [0.29, 0.717) is 5.69 Å². The molecule has 1 atom stereocenters. The number of aliphatic hydroxyl groups is 1. The van der Waals surface area contributed by atoms with Gasteiger partial charge in [-0.25, -0.2) is 13.5 Å². The van der Waals surface area contributed by atoms with Gasteiger partial charge >= 0.3 is 0 Å². The van der Waals surface area contributed by atoms with Crippen LogP contribution in [0, 0.1) is 11.6 Å². The third-order valence-electron chi connectivity index (χ3n) is 2.44. The van der Waals surface area contributed by atoms with Gasteiger partial charge in [0.2, 0.25) is 0 Å². The molecule has 0 bridgehead atoms. The van der Waals surface area contributed by atoms with Crippen molar-refractivity contribution in [1.82, 2.24) is 9.78 Å². The van der Waals surface area contributed by atoms with Gasteiger partial charge in [0, 0.05) is 22.7 Å². The summed E-state index contributed by atoms with van der Waals surface area (Å²) in [5.74, 6) is -1.14. The van der Waals surface area contributed by atoms with Gasteiger partial charge in [0.1, 0.15) is 5.69 Å². The van der Waals surface area contributed by atoms with Crippen LogP contribution in [0.1, 0.15) is 5.69 Å². The zero-order chi connectivity index (χ0) is 13.8. The molecular formula is C12H12F2N2O2S. The molecule has 2 aromatic rings. The zero-order valence-corrected chi connectivity index (χ0v) is 10.7. The zero-order valence-electron chi connectivity index (χ0n) is 9.92. The fraction of sp³-hybridized carbons (Fsp3) is 0.250. The molecule has 1 unspecified atom stereocenters. The highest BCUT2D eigenvalue weighted by Crippen LogP contribution is 2.17. The van der Waals surface area contributed by atoms with Crippen LogP contribution in [0.5, 0.6) is 0 Å². The maximum absolute atomic E-state index is 13.5. The molecule has 1 N–H and O–H groups in total. The molecular weight excluding hydrogens is 274 g/mol. The first-order chi connectivity index (χ1) is 9.11. The maximum atomic E-state index is 13.5. The van der Waals surface area contributed by atoms with Gasteiger partial charge in [0.15, 0.2) is 11.6 Å². The highest BCUT2D eigenvalue weighted by molar-refractivity contribution is 7.84. The van der Waals surface area contributed by atoms with Crippen LogP contribution in [0.3, 0.4) is 0 Å². The summed E-state index contributed by atoms with van der Waals surface area (Å²) in [4.78, 5) is 0. The lowest BCUT2D eigenvalue weighted by atomic mass is 10.3. The average molecular weight is 286 g/mol. The van der Waals surface area contributed by atoms with Crippen molar-refractivity contribution >= 4 is 10.8 Å². The van der Waals surface area contributed by atoms with Crippen LogP contribution in [0.2, 0.25) is 0 Å². The van der Waals surface area contributed by atoms with E-state index in [1.54, 1.807) is 6.07 Å².